The maximum absolute atomic E-state index is 12.5. The molecule has 140 valence electrons. The summed E-state index contributed by atoms with van der Waals surface area (Å²) in [5.74, 6) is 1.40. The molecule has 0 saturated carbocycles. The van der Waals surface area contributed by atoms with Crippen molar-refractivity contribution >= 4 is 22.4 Å². The predicted molar refractivity (Wildman–Crippen MR) is 106 cm³/mol. The summed E-state index contributed by atoms with van der Waals surface area (Å²) in [6, 6.07) is 7.27. The van der Waals surface area contributed by atoms with E-state index in [0.717, 1.165) is 43.4 Å². The molecule has 26 heavy (non-hydrogen) atoms. The highest BCUT2D eigenvalue weighted by Crippen LogP contribution is 2.22. The van der Waals surface area contributed by atoms with Gasteiger partial charge >= 0.3 is 0 Å². The molecular formula is C20H27N3O2S. The van der Waals surface area contributed by atoms with Gasteiger partial charge in [0, 0.05) is 17.5 Å². The number of nitrogens with zero attached hydrogens (tertiary/aromatic N) is 2. The second kappa shape index (κ2) is 9.14. The van der Waals surface area contributed by atoms with Crippen LogP contribution in [0.25, 0.3) is 0 Å². The van der Waals surface area contributed by atoms with Gasteiger partial charge in [0.05, 0.1) is 12.3 Å². The average Bonchev–Trinajstić information content (AvgIpc) is 3.09. The van der Waals surface area contributed by atoms with Gasteiger partial charge < -0.3 is 4.74 Å². The van der Waals surface area contributed by atoms with Crippen LogP contribution < -0.4 is 10.1 Å². The van der Waals surface area contributed by atoms with Crippen molar-refractivity contribution in [2.24, 2.45) is 5.92 Å². The topological polar surface area (TPSA) is 54.5 Å². The van der Waals surface area contributed by atoms with Crippen LogP contribution in [0.3, 0.4) is 0 Å². The Bertz CT molecular complexity index is 723. The van der Waals surface area contributed by atoms with Crippen LogP contribution in [0.15, 0.2) is 29.6 Å². The van der Waals surface area contributed by atoms with E-state index in [4.69, 9.17) is 4.74 Å². The van der Waals surface area contributed by atoms with Crippen molar-refractivity contribution in [3.05, 3.63) is 40.9 Å². The molecule has 1 aliphatic heterocycles. The molecule has 0 atom stereocenters. The van der Waals surface area contributed by atoms with Crippen LogP contribution in [0, 0.1) is 5.92 Å². The molecule has 5 nitrogen and oxygen atoms in total. The van der Waals surface area contributed by atoms with Gasteiger partial charge in [0.2, 0.25) is 0 Å². The molecular weight excluding hydrogens is 346 g/mol. The smallest absolute Gasteiger partial charge is 0.257 e. The van der Waals surface area contributed by atoms with E-state index in [9.17, 15) is 4.79 Å². The zero-order valence-electron chi connectivity index (χ0n) is 15.5. The number of ether oxygens (including phenoxy) is 1. The Morgan fingerprint density at radius 3 is 2.96 bits per heavy atom. The lowest BCUT2D eigenvalue weighted by Crippen LogP contribution is -2.32. The Labute approximate surface area is 159 Å². The number of rotatable bonds is 7. The van der Waals surface area contributed by atoms with E-state index in [1.807, 2.05) is 17.5 Å². The van der Waals surface area contributed by atoms with E-state index in [2.05, 4.69) is 29.0 Å². The number of aromatic nitrogens is 1. The Balaban J connectivity index is 1.56. The lowest BCUT2D eigenvalue weighted by Gasteiger charge is -2.29. The van der Waals surface area contributed by atoms with E-state index in [1.54, 1.807) is 12.1 Å². The first-order valence-corrected chi connectivity index (χ1v) is 10.2. The number of hydrogen-bond acceptors (Lipinski definition) is 5. The number of thiazole rings is 1. The van der Waals surface area contributed by atoms with Crippen molar-refractivity contribution in [3.63, 3.8) is 0 Å². The van der Waals surface area contributed by atoms with Gasteiger partial charge in [0.15, 0.2) is 5.13 Å². The Kier molecular flexibility index (Phi) is 6.63. The summed E-state index contributed by atoms with van der Waals surface area (Å²) >= 11 is 1.48. The molecule has 0 radical (unpaired) electrons. The van der Waals surface area contributed by atoms with Crippen molar-refractivity contribution in [1.29, 1.82) is 0 Å². The summed E-state index contributed by atoms with van der Waals surface area (Å²) in [5, 5.41) is 5.59. The summed E-state index contributed by atoms with van der Waals surface area (Å²) in [4.78, 5) is 19.5. The number of likely N-dealkylation sites (tertiary alicyclic amines) is 1. The number of carbonyl (C=O) groups excluding carboxylic acids is 1. The highest BCUT2D eigenvalue weighted by atomic mass is 32.1. The molecule has 1 saturated heterocycles. The quantitative estimate of drug-likeness (QED) is 0.781. The van der Waals surface area contributed by atoms with E-state index < -0.39 is 0 Å². The summed E-state index contributed by atoms with van der Waals surface area (Å²) in [7, 11) is 0. The van der Waals surface area contributed by atoms with E-state index >= 15 is 0 Å². The zero-order chi connectivity index (χ0) is 18.4. The van der Waals surface area contributed by atoms with Gasteiger partial charge in [-0.05, 0) is 56.5 Å². The van der Waals surface area contributed by atoms with Crippen LogP contribution in [-0.2, 0) is 6.54 Å². The van der Waals surface area contributed by atoms with Crippen molar-refractivity contribution in [2.45, 2.75) is 39.7 Å². The molecule has 2 aromatic rings. The summed E-state index contributed by atoms with van der Waals surface area (Å²) < 4.78 is 5.59. The Hall–Kier alpha value is -1.92. The third kappa shape index (κ3) is 5.29. The lowest BCUT2D eigenvalue weighted by atomic mass is 9.99. The van der Waals surface area contributed by atoms with Crippen molar-refractivity contribution in [2.75, 3.05) is 25.0 Å². The van der Waals surface area contributed by atoms with E-state index in [-0.39, 0.29) is 5.91 Å². The van der Waals surface area contributed by atoms with E-state index in [0.29, 0.717) is 17.3 Å². The van der Waals surface area contributed by atoms with Crippen LogP contribution in [0.1, 0.15) is 49.2 Å². The van der Waals surface area contributed by atoms with Gasteiger partial charge in [-0.25, -0.2) is 4.98 Å². The molecule has 6 heteroatoms. The van der Waals surface area contributed by atoms with Crippen molar-refractivity contribution in [1.82, 2.24) is 9.88 Å². The van der Waals surface area contributed by atoms with Gasteiger partial charge in [-0.2, -0.15) is 0 Å². The van der Waals surface area contributed by atoms with Gasteiger partial charge in [-0.1, -0.05) is 19.9 Å². The minimum Gasteiger partial charge on any atom is -0.494 e. The minimum atomic E-state index is -0.153. The Morgan fingerprint density at radius 2 is 2.19 bits per heavy atom. The molecule has 0 spiro atoms. The van der Waals surface area contributed by atoms with Crippen LogP contribution in [-0.4, -0.2) is 35.5 Å². The summed E-state index contributed by atoms with van der Waals surface area (Å²) in [6.45, 7) is 8.14. The number of hydrogen-bond donors (Lipinski definition) is 1. The first-order valence-electron chi connectivity index (χ1n) is 9.35. The van der Waals surface area contributed by atoms with Gasteiger partial charge in [0.1, 0.15) is 5.75 Å². The third-order valence-corrected chi connectivity index (χ3v) is 5.41. The van der Waals surface area contributed by atoms with Crippen LogP contribution in [0.5, 0.6) is 5.75 Å². The largest absolute Gasteiger partial charge is 0.494 e. The van der Waals surface area contributed by atoms with Crippen molar-refractivity contribution < 1.29 is 9.53 Å². The zero-order valence-corrected chi connectivity index (χ0v) is 16.3. The second-order valence-electron chi connectivity index (χ2n) is 6.93. The number of benzene rings is 1. The van der Waals surface area contributed by atoms with Crippen LogP contribution >= 0.6 is 11.3 Å². The maximum atomic E-state index is 12.5. The highest BCUT2D eigenvalue weighted by Gasteiger charge is 2.17. The normalized spacial score (nSPS) is 15.8. The molecule has 0 bridgehead atoms. The average molecular weight is 374 g/mol. The first-order chi connectivity index (χ1) is 12.6. The monoisotopic (exact) mass is 373 g/mol. The maximum Gasteiger partial charge on any atom is 0.257 e. The van der Waals surface area contributed by atoms with E-state index in [1.165, 1.54) is 24.2 Å². The Morgan fingerprint density at radius 1 is 1.38 bits per heavy atom. The fourth-order valence-corrected chi connectivity index (χ4v) is 3.70. The minimum absolute atomic E-state index is 0.153. The van der Waals surface area contributed by atoms with Gasteiger partial charge in [0.25, 0.3) is 5.91 Å². The molecule has 1 fully saturated rings. The molecule has 3 rings (SSSR count). The molecule has 1 N–H and O–H groups in total. The van der Waals surface area contributed by atoms with Gasteiger partial charge in [-0.15, -0.1) is 11.3 Å². The lowest BCUT2D eigenvalue weighted by molar-refractivity contribution is 0.102. The van der Waals surface area contributed by atoms with Crippen LogP contribution in [0.4, 0.5) is 5.13 Å². The molecule has 0 unspecified atom stereocenters. The fraction of sp³-hybridized carbons (Fsp3) is 0.500. The molecule has 1 amide bonds. The number of anilines is 1. The molecule has 2 heterocycles. The SMILES string of the molecule is CCCOc1cccc(C(=O)Nc2nc(CN3CCC(C)CC3)cs2)c1. The predicted octanol–water partition coefficient (Wildman–Crippen LogP) is 4.42. The fourth-order valence-electron chi connectivity index (χ4n) is 3.00. The van der Waals surface area contributed by atoms with Crippen LogP contribution in [0.2, 0.25) is 0 Å². The number of nitrogens with one attached hydrogen (secondary N) is 1. The first kappa shape index (κ1) is 18.9. The second-order valence-corrected chi connectivity index (χ2v) is 7.79. The molecule has 1 aromatic heterocycles. The summed E-state index contributed by atoms with van der Waals surface area (Å²) in [5.41, 5.74) is 1.61. The molecule has 1 aromatic carbocycles. The molecule has 1 aliphatic rings. The van der Waals surface area contributed by atoms with Gasteiger partial charge in [-0.3, -0.25) is 15.0 Å². The highest BCUT2D eigenvalue weighted by molar-refractivity contribution is 7.13. The summed E-state index contributed by atoms with van der Waals surface area (Å²) in [6.07, 6.45) is 3.45. The molecule has 0 aliphatic carbocycles. The number of piperidine rings is 1. The number of amides is 1. The van der Waals surface area contributed by atoms with Crippen molar-refractivity contribution in [3.8, 4) is 5.75 Å². The number of carbonyl (C=O) groups is 1. The third-order valence-electron chi connectivity index (χ3n) is 4.60. The standard InChI is InChI=1S/C20H27N3O2S/c1-3-11-25-18-6-4-5-16(12-18)19(24)22-20-21-17(14-26-20)13-23-9-7-15(2)8-10-23/h4-6,12,14-15H,3,7-11,13H2,1-2H3,(H,21,22,24).